The summed E-state index contributed by atoms with van der Waals surface area (Å²) in [6.45, 7) is 9.54. The fourth-order valence-electron chi connectivity index (χ4n) is 2.75. The quantitative estimate of drug-likeness (QED) is 0.448. The molecule has 0 unspecified atom stereocenters. The van der Waals surface area contributed by atoms with Gasteiger partial charge >= 0.3 is 12.2 Å². The maximum atomic E-state index is 11.8. The number of rotatable bonds is 2. The summed E-state index contributed by atoms with van der Waals surface area (Å²) in [7, 11) is 2.94. The Hall–Kier alpha value is -0.980. The molecule has 0 aliphatic carbocycles. The van der Waals surface area contributed by atoms with Crippen LogP contribution in [0.15, 0.2) is 0 Å². The second kappa shape index (κ2) is 11.9. The summed E-state index contributed by atoms with van der Waals surface area (Å²) in [5.74, 6) is 0. The molecule has 0 saturated carbocycles. The first-order valence-corrected chi connectivity index (χ1v) is 12.2. The molecule has 8 nitrogen and oxygen atoms in total. The van der Waals surface area contributed by atoms with Crippen LogP contribution in [0.25, 0.3) is 0 Å². The van der Waals surface area contributed by atoms with Gasteiger partial charge in [-0.25, -0.2) is 9.59 Å². The monoisotopic (exact) mass is 466 g/mol. The number of thiocarbonyl (C=S) groups is 2. The van der Waals surface area contributed by atoms with Crippen LogP contribution in [0.3, 0.4) is 0 Å². The molecular formula is C16H26N4O4S4. The standard InChI is InChI=1S/C16H26N4O4S4/c1-3-23-13(21)17-5-9-19(10-6-17)15(25)27-28-16(26)20-11-7-18(8-12-20)14(22)24-4-2/h3-12H2,1-2H3. The van der Waals surface area contributed by atoms with Crippen LogP contribution in [0.4, 0.5) is 9.59 Å². The van der Waals surface area contributed by atoms with E-state index in [-0.39, 0.29) is 12.2 Å². The first kappa shape index (κ1) is 23.3. The van der Waals surface area contributed by atoms with E-state index in [2.05, 4.69) is 9.80 Å². The Morgan fingerprint density at radius 1 is 0.679 bits per heavy atom. The topological polar surface area (TPSA) is 65.6 Å². The Morgan fingerprint density at radius 2 is 0.964 bits per heavy atom. The summed E-state index contributed by atoms with van der Waals surface area (Å²) in [6, 6.07) is 0. The van der Waals surface area contributed by atoms with Crippen LogP contribution in [-0.2, 0) is 9.47 Å². The number of carbonyl (C=O) groups is 2. The Kier molecular flexibility index (Phi) is 9.89. The summed E-state index contributed by atoms with van der Waals surface area (Å²) >= 11 is 11.0. The molecule has 28 heavy (non-hydrogen) atoms. The van der Waals surface area contributed by atoms with E-state index in [0.29, 0.717) is 65.6 Å². The summed E-state index contributed by atoms with van der Waals surface area (Å²) in [6.07, 6.45) is -0.531. The van der Waals surface area contributed by atoms with Crippen molar-refractivity contribution >= 4 is 66.9 Å². The van der Waals surface area contributed by atoms with E-state index < -0.39 is 0 Å². The van der Waals surface area contributed by atoms with Crippen molar-refractivity contribution in [1.82, 2.24) is 19.6 Å². The van der Waals surface area contributed by atoms with Gasteiger partial charge in [-0.2, -0.15) is 0 Å². The van der Waals surface area contributed by atoms with Crippen LogP contribution < -0.4 is 0 Å². The van der Waals surface area contributed by atoms with Crippen LogP contribution in [0.2, 0.25) is 0 Å². The van der Waals surface area contributed by atoms with Gasteiger partial charge in [0.2, 0.25) is 0 Å². The van der Waals surface area contributed by atoms with Crippen molar-refractivity contribution in [2.75, 3.05) is 65.6 Å². The van der Waals surface area contributed by atoms with Crippen molar-refractivity contribution in [3.8, 4) is 0 Å². The molecular weight excluding hydrogens is 440 g/mol. The zero-order valence-corrected chi connectivity index (χ0v) is 19.4. The van der Waals surface area contributed by atoms with Crippen LogP contribution >= 0.6 is 46.0 Å². The molecule has 0 aromatic carbocycles. The van der Waals surface area contributed by atoms with Crippen LogP contribution in [-0.4, -0.2) is 106 Å². The molecule has 2 aliphatic heterocycles. The second-order valence-corrected chi connectivity index (χ2v) is 9.44. The first-order chi connectivity index (χ1) is 13.5. The summed E-state index contributed by atoms with van der Waals surface area (Å²) in [5.41, 5.74) is 0. The normalized spacial score (nSPS) is 17.4. The summed E-state index contributed by atoms with van der Waals surface area (Å²) < 4.78 is 11.6. The van der Waals surface area contributed by atoms with E-state index in [1.807, 2.05) is 0 Å². The van der Waals surface area contributed by atoms with E-state index >= 15 is 0 Å². The van der Waals surface area contributed by atoms with Gasteiger partial charge in [-0.15, -0.1) is 0 Å². The van der Waals surface area contributed by atoms with Crippen molar-refractivity contribution in [2.45, 2.75) is 13.8 Å². The highest BCUT2D eigenvalue weighted by atomic mass is 33.1. The van der Waals surface area contributed by atoms with Gasteiger partial charge in [0.1, 0.15) is 8.64 Å². The van der Waals surface area contributed by atoms with Crippen molar-refractivity contribution in [3.05, 3.63) is 0 Å². The van der Waals surface area contributed by atoms with Crippen molar-refractivity contribution in [2.24, 2.45) is 0 Å². The van der Waals surface area contributed by atoms with E-state index in [9.17, 15) is 9.59 Å². The molecule has 2 fully saturated rings. The first-order valence-electron chi connectivity index (χ1n) is 9.22. The van der Waals surface area contributed by atoms with E-state index in [1.165, 1.54) is 21.6 Å². The minimum atomic E-state index is -0.266. The molecule has 0 bridgehead atoms. The van der Waals surface area contributed by atoms with Crippen LogP contribution in [0.1, 0.15) is 13.8 Å². The average molecular weight is 467 g/mol. The summed E-state index contributed by atoms with van der Waals surface area (Å²) in [4.78, 5) is 31.1. The van der Waals surface area contributed by atoms with Crippen molar-refractivity contribution < 1.29 is 19.1 Å². The number of carbonyl (C=O) groups excluding carboxylic acids is 2. The molecule has 12 heteroatoms. The Balaban J connectivity index is 1.67. The number of ether oxygens (including phenoxy) is 2. The van der Waals surface area contributed by atoms with Gasteiger partial charge < -0.3 is 29.1 Å². The second-order valence-electron chi connectivity index (χ2n) is 6.04. The molecule has 2 aliphatic rings. The lowest BCUT2D eigenvalue weighted by molar-refractivity contribution is 0.0920. The number of nitrogens with zero attached hydrogens (tertiary/aromatic N) is 4. The minimum Gasteiger partial charge on any atom is -0.450 e. The maximum absolute atomic E-state index is 11.8. The summed E-state index contributed by atoms with van der Waals surface area (Å²) in [5, 5.41) is 0. The lowest BCUT2D eigenvalue weighted by atomic mass is 10.3. The molecule has 2 saturated heterocycles. The lowest BCUT2D eigenvalue weighted by Gasteiger charge is -2.36. The van der Waals surface area contributed by atoms with Gasteiger partial charge in [0, 0.05) is 52.4 Å². The molecule has 2 amide bonds. The number of amides is 2. The van der Waals surface area contributed by atoms with Gasteiger partial charge in [0.25, 0.3) is 0 Å². The highest BCUT2D eigenvalue weighted by Gasteiger charge is 2.26. The third kappa shape index (κ3) is 6.82. The fourth-order valence-corrected chi connectivity index (χ4v) is 5.51. The van der Waals surface area contributed by atoms with E-state index in [1.54, 1.807) is 23.6 Å². The third-order valence-corrected chi connectivity index (χ3v) is 8.04. The third-order valence-electron chi connectivity index (χ3n) is 4.31. The minimum absolute atomic E-state index is 0.266. The molecule has 2 rings (SSSR count). The smallest absolute Gasteiger partial charge is 0.409 e. The Bertz CT molecular complexity index is 529. The average Bonchev–Trinajstić information content (AvgIpc) is 2.72. The molecule has 0 N–H and O–H groups in total. The van der Waals surface area contributed by atoms with E-state index in [0.717, 1.165) is 8.64 Å². The SMILES string of the molecule is CCOC(=O)N1CCN(C(=S)SSC(=S)N2CCN(C(=O)OCC)CC2)CC1. The van der Waals surface area contributed by atoms with Gasteiger partial charge in [0.15, 0.2) is 0 Å². The molecule has 158 valence electrons. The predicted molar refractivity (Wildman–Crippen MR) is 121 cm³/mol. The highest BCUT2D eigenvalue weighted by molar-refractivity contribution is 8.89. The van der Waals surface area contributed by atoms with Crippen molar-refractivity contribution in [3.63, 3.8) is 0 Å². The lowest BCUT2D eigenvalue weighted by Crippen LogP contribution is -2.50. The fraction of sp³-hybridized carbons (Fsp3) is 0.750. The largest absolute Gasteiger partial charge is 0.450 e. The van der Waals surface area contributed by atoms with Crippen LogP contribution in [0, 0.1) is 0 Å². The zero-order valence-electron chi connectivity index (χ0n) is 16.1. The Morgan fingerprint density at radius 3 is 1.25 bits per heavy atom. The van der Waals surface area contributed by atoms with Gasteiger partial charge in [0.05, 0.1) is 13.2 Å². The molecule has 0 radical (unpaired) electrons. The Labute approximate surface area is 184 Å². The molecule has 0 aromatic rings. The number of piperazine rings is 2. The van der Waals surface area contributed by atoms with E-state index in [4.69, 9.17) is 33.9 Å². The van der Waals surface area contributed by atoms with Gasteiger partial charge in [-0.3, -0.25) is 0 Å². The van der Waals surface area contributed by atoms with Gasteiger partial charge in [-0.05, 0) is 35.4 Å². The molecule has 0 atom stereocenters. The van der Waals surface area contributed by atoms with Gasteiger partial charge in [-0.1, -0.05) is 24.4 Å². The van der Waals surface area contributed by atoms with Crippen molar-refractivity contribution in [1.29, 1.82) is 0 Å². The molecule has 2 heterocycles. The highest BCUT2D eigenvalue weighted by Crippen LogP contribution is 2.29. The molecule has 0 aromatic heterocycles. The van der Waals surface area contributed by atoms with Crippen LogP contribution in [0.5, 0.6) is 0 Å². The molecule has 0 spiro atoms. The maximum Gasteiger partial charge on any atom is 0.409 e. The number of hydrogen-bond acceptors (Lipinski definition) is 8. The predicted octanol–water partition coefficient (Wildman–Crippen LogP) is 2.49. The zero-order chi connectivity index (χ0) is 20.5. The number of hydrogen-bond donors (Lipinski definition) is 0.